The lowest BCUT2D eigenvalue weighted by Crippen LogP contribution is -2.45. The van der Waals surface area contributed by atoms with E-state index in [2.05, 4.69) is 16.7 Å². The maximum atomic E-state index is 13.7. The molecule has 0 bridgehead atoms. The van der Waals surface area contributed by atoms with Crippen LogP contribution in [0, 0.1) is 11.3 Å². The smallest absolute Gasteiger partial charge is 0.315 e. The number of nitrogens with zero attached hydrogens (tertiary/aromatic N) is 2. The molecular formula is C26H22N4O3S. The second-order valence-corrected chi connectivity index (χ2v) is 9.48. The molecule has 8 heteroatoms. The normalized spacial score (nSPS) is 16.5. The summed E-state index contributed by atoms with van der Waals surface area (Å²) in [5.41, 5.74) is 1.31. The van der Waals surface area contributed by atoms with Crippen molar-refractivity contribution in [2.45, 2.75) is 31.2 Å². The van der Waals surface area contributed by atoms with Crippen molar-refractivity contribution in [2.24, 2.45) is 0 Å². The number of benzene rings is 2. The zero-order chi connectivity index (χ0) is 23.7. The Kier molecular flexibility index (Phi) is 5.64. The van der Waals surface area contributed by atoms with E-state index in [0.717, 1.165) is 41.0 Å². The minimum Gasteiger partial charge on any atom is -0.315 e. The van der Waals surface area contributed by atoms with Crippen LogP contribution in [0.1, 0.15) is 40.0 Å². The van der Waals surface area contributed by atoms with Gasteiger partial charge in [0.1, 0.15) is 17.6 Å². The molecule has 1 aromatic heterocycles. The number of fused-ring (bicyclic) bond motifs is 1. The standard InChI is InChI=1S/C26H22N4O3S/c27-15-20-19-13-7-8-14-21(19)34-23(20)28-22(31)16-30-24(32)26(29-25(30)33,17-9-3-1-4-10-17)18-11-5-2-6-12-18/h1-6,9-12H,7-8,13-14,16H2,(H,28,31)(H,29,33). The van der Waals surface area contributed by atoms with Gasteiger partial charge in [0.15, 0.2) is 5.54 Å². The van der Waals surface area contributed by atoms with E-state index < -0.39 is 29.9 Å². The van der Waals surface area contributed by atoms with Crippen molar-refractivity contribution in [1.82, 2.24) is 10.2 Å². The van der Waals surface area contributed by atoms with E-state index in [4.69, 9.17) is 0 Å². The number of hydrogen-bond donors (Lipinski definition) is 2. The number of amides is 4. The molecule has 2 aromatic carbocycles. The van der Waals surface area contributed by atoms with E-state index in [1.165, 1.54) is 11.3 Å². The van der Waals surface area contributed by atoms with Gasteiger partial charge in [-0.15, -0.1) is 11.3 Å². The van der Waals surface area contributed by atoms with E-state index in [1.54, 1.807) is 48.5 Å². The number of thiophene rings is 1. The molecule has 34 heavy (non-hydrogen) atoms. The zero-order valence-electron chi connectivity index (χ0n) is 18.3. The number of anilines is 1. The number of hydrogen-bond acceptors (Lipinski definition) is 5. The summed E-state index contributed by atoms with van der Waals surface area (Å²) < 4.78 is 0. The molecule has 3 aromatic rings. The van der Waals surface area contributed by atoms with Crippen LogP contribution in [0.4, 0.5) is 9.80 Å². The monoisotopic (exact) mass is 470 g/mol. The molecule has 5 rings (SSSR count). The summed E-state index contributed by atoms with van der Waals surface area (Å²) in [6, 6.07) is 19.6. The SMILES string of the molecule is N#Cc1c(NC(=O)CN2C(=O)NC(c3ccccc3)(c3ccccc3)C2=O)sc2c1CCCC2. The van der Waals surface area contributed by atoms with Gasteiger partial charge in [-0.05, 0) is 42.4 Å². The first-order valence-electron chi connectivity index (χ1n) is 11.1. The fourth-order valence-electron chi connectivity index (χ4n) is 4.74. The third kappa shape index (κ3) is 3.55. The number of carbonyl (C=O) groups is 3. The molecule has 2 N–H and O–H groups in total. The van der Waals surface area contributed by atoms with Gasteiger partial charge in [-0.2, -0.15) is 5.26 Å². The Hall–Kier alpha value is -3.96. The van der Waals surface area contributed by atoms with Crippen LogP contribution in [0.2, 0.25) is 0 Å². The van der Waals surface area contributed by atoms with Gasteiger partial charge in [-0.3, -0.25) is 14.5 Å². The number of nitrogens with one attached hydrogen (secondary N) is 2. The van der Waals surface area contributed by atoms with E-state index >= 15 is 0 Å². The van der Waals surface area contributed by atoms with Crippen LogP contribution in [0.3, 0.4) is 0 Å². The van der Waals surface area contributed by atoms with Crippen molar-refractivity contribution in [3.63, 3.8) is 0 Å². The molecule has 0 unspecified atom stereocenters. The molecule has 170 valence electrons. The Morgan fingerprint density at radius 1 is 1.03 bits per heavy atom. The lowest BCUT2D eigenvalue weighted by atomic mass is 9.82. The van der Waals surface area contributed by atoms with Gasteiger partial charge in [0, 0.05) is 4.88 Å². The summed E-state index contributed by atoms with van der Waals surface area (Å²) in [4.78, 5) is 41.7. The molecule has 1 aliphatic carbocycles. The molecule has 1 aliphatic heterocycles. The number of aryl methyl sites for hydroxylation is 1. The van der Waals surface area contributed by atoms with Crippen LogP contribution in [-0.4, -0.2) is 29.3 Å². The first kappa shape index (κ1) is 21.9. The van der Waals surface area contributed by atoms with Crippen LogP contribution < -0.4 is 10.6 Å². The van der Waals surface area contributed by atoms with Gasteiger partial charge < -0.3 is 10.6 Å². The molecule has 2 aliphatic rings. The van der Waals surface area contributed by atoms with Gasteiger partial charge in [0.2, 0.25) is 5.91 Å². The summed E-state index contributed by atoms with van der Waals surface area (Å²) in [5.74, 6) is -1.04. The van der Waals surface area contributed by atoms with Crippen molar-refractivity contribution in [1.29, 1.82) is 5.26 Å². The quantitative estimate of drug-likeness (QED) is 0.552. The molecule has 0 atom stereocenters. The first-order chi connectivity index (χ1) is 16.5. The highest BCUT2D eigenvalue weighted by Gasteiger charge is 2.54. The molecule has 2 heterocycles. The van der Waals surface area contributed by atoms with Crippen LogP contribution >= 0.6 is 11.3 Å². The van der Waals surface area contributed by atoms with Gasteiger partial charge in [0.05, 0.1) is 5.56 Å². The minimum absolute atomic E-state index is 0.445. The van der Waals surface area contributed by atoms with E-state index in [9.17, 15) is 19.6 Å². The molecule has 1 fully saturated rings. The van der Waals surface area contributed by atoms with E-state index in [1.807, 2.05) is 12.1 Å². The van der Waals surface area contributed by atoms with Gasteiger partial charge in [-0.25, -0.2) is 4.79 Å². The summed E-state index contributed by atoms with van der Waals surface area (Å²) >= 11 is 1.41. The molecule has 1 saturated heterocycles. The molecule has 0 radical (unpaired) electrons. The predicted molar refractivity (Wildman–Crippen MR) is 128 cm³/mol. The number of nitriles is 1. The average molecular weight is 471 g/mol. The molecule has 0 saturated carbocycles. The molecule has 7 nitrogen and oxygen atoms in total. The van der Waals surface area contributed by atoms with Crippen molar-refractivity contribution >= 4 is 34.2 Å². The third-order valence-corrected chi connectivity index (χ3v) is 7.56. The Morgan fingerprint density at radius 3 is 2.26 bits per heavy atom. The average Bonchev–Trinajstić information content (AvgIpc) is 3.34. The highest BCUT2D eigenvalue weighted by Crippen LogP contribution is 2.38. The van der Waals surface area contributed by atoms with E-state index in [-0.39, 0.29) is 0 Å². The third-order valence-electron chi connectivity index (χ3n) is 6.36. The summed E-state index contributed by atoms with van der Waals surface area (Å²) in [5, 5.41) is 15.7. The van der Waals surface area contributed by atoms with Gasteiger partial charge in [0.25, 0.3) is 5.91 Å². The van der Waals surface area contributed by atoms with Crippen LogP contribution in [0.5, 0.6) is 0 Å². The van der Waals surface area contributed by atoms with Crippen molar-refractivity contribution in [2.75, 3.05) is 11.9 Å². The van der Waals surface area contributed by atoms with Crippen molar-refractivity contribution < 1.29 is 14.4 Å². The second-order valence-electron chi connectivity index (χ2n) is 8.38. The number of urea groups is 1. The highest BCUT2D eigenvalue weighted by atomic mass is 32.1. The van der Waals surface area contributed by atoms with Crippen LogP contribution in [0.15, 0.2) is 60.7 Å². The number of rotatable bonds is 5. The van der Waals surface area contributed by atoms with Crippen molar-refractivity contribution in [3.8, 4) is 6.07 Å². The number of imide groups is 1. The first-order valence-corrected chi connectivity index (χ1v) is 12.0. The lowest BCUT2D eigenvalue weighted by molar-refractivity contribution is -0.133. The summed E-state index contributed by atoms with van der Waals surface area (Å²) in [6.45, 7) is -0.445. The lowest BCUT2D eigenvalue weighted by Gasteiger charge is -2.27. The van der Waals surface area contributed by atoms with Crippen molar-refractivity contribution in [3.05, 3.63) is 87.8 Å². The highest BCUT2D eigenvalue weighted by molar-refractivity contribution is 7.16. The Bertz CT molecular complexity index is 1270. The fourth-order valence-corrected chi connectivity index (χ4v) is 5.99. The Labute approximate surface area is 201 Å². The molecule has 0 spiro atoms. The fraction of sp³-hybridized carbons (Fsp3) is 0.231. The second kappa shape index (κ2) is 8.76. The Morgan fingerprint density at radius 2 is 1.65 bits per heavy atom. The predicted octanol–water partition coefficient (Wildman–Crippen LogP) is 3.93. The van der Waals surface area contributed by atoms with Crippen LogP contribution in [0.25, 0.3) is 0 Å². The summed E-state index contributed by atoms with van der Waals surface area (Å²) in [6.07, 6.45) is 3.81. The largest absolute Gasteiger partial charge is 0.326 e. The zero-order valence-corrected chi connectivity index (χ0v) is 19.2. The number of carbonyl (C=O) groups excluding carboxylic acids is 3. The summed E-state index contributed by atoms with van der Waals surface area (Å²) in [7, 11) is 0. The Balaban J connectivity index is 1.43. The minimum atomic E-state index is -1.42. The van der Waals surface area contributed by atoms with Gasteiger partial charge >= 0.3 is 6.03 Å². The van der Waals surface area contributed by atoms with E-state index in [0.29, 0.717) is 21.7 Å². The topological polar surface area (TPSA) is 102 Å². The van der Waals surface area contributed by atoms with Crippen LogP contribution in [-0.2, 0) is 28.0 Å². The van der Waals surface area contributed by atoms with Gasteiger partial charge in [-0.1, -0.05) is 60.7 Å². The maximum Gasteiger partial charge on any atom is 0.326 e. The molecule has 4 amide bonds. The maximum absolute atomic E-state index is 13.7. The molecular weight excluding hydrogens is 448 g/mol.